The summed E-state index contributed by atoms with van der Waals surface area (Å²) in [5, 5.41) is 20.0. The molecule has 1 aromatic rings. The van der Waals surface area contributed by atoms with Crippen LogP contribution in [-0.2, 0) is 0 Å². The summed E-state index contributed by atoms with van der Waals surface area (Å²) in [5.74, 6) is 0.834. The smallest absolute Gasteiger partial charge is 0.287 e. The molecular weight excluding hydrogens is 266 g/mol. The minimum absolute atomic E-state index is 0.121. The molecule has 1 aliphatic carbocycles. The van der Waals surface area contributed by atoms with Gasteiger partial charge in [-0.1, -0.05) is 13.3 Å². The third kappa shape index (κ3) is 3.33. The molecule has 1 aromatic carbocycles. The first-order valence-corrected chi connectivity index (χ1v) is 7.48. The first-order valence-electron chi connectivity index (χ1n) is 7.48. The molecular formula is C16H21N3O2. The molecule has 21 heavy (non-hydrogen) atoms. The monoisotopic (exact) mass is 287 g/mol. The van der Waals surface area contributed by atoms with Crippen LogP contribution in [0.3, 0.4) is 0 Å². The average molecular weight is 287 g/mol. The van der Waals surface area contributed by atoms with Gasteiger partial charge < -0.3 is 4.90 Å². The van der Waals surface area contributed by atoms with Crippen molar-refractivity contribution >= 4 is 11.4 Å². The van der Waals surface area contributed by atoms with Gasteiger partial charge in [-0.2, -0.15) is 5.26 Å². The zero-order chi connectivity index (χ0) is 15.4. The average Bonchev–Trinajstić information content (AvgIpc) is 2.53. The molecule has 0 atom stereocenters. The number of nitrogens with zero attached hydrogens (tertiary/aromatic N) is 3. The summed E-state index contributed by atoms with van der Waals surface area (Å²) >= 11 is 0. The molecule has 1 fully saturated rings. The van der Waals surface area contributed by atoms with Crippen molar-refractivity contribution in [1.29, 1.82) is 5.26 Å². The molecule has 5 nitrogen and oxygen atoms in total. The lowest BCUT2D eigenvalue weighted by molar-refractivity contribution is -0.385. The fourth-order valence-electron chi connectivity index (χ4n) is 3.14. The fraction of sp³-hybridized carbons (Fsp3) is 0.562. The van der Waals surface area contributed by atoms with Crippen LogP contribution in [0, 0.1) is 27.4 Å². The van der Waals surface area contributed by atoms with Crippen molar-refractivity contribution in [1.82, 2.24) is 0 Å². The van der Waals surface area contributed by atoms with E-state index in [1.165, 1.54) is 25.3 Å². The number of anilines is 1. The van der Waals surface area contributed by atoms with Crippen molar-refractivity contribution in [2.24, 2.45) is 5.92 Å². The normalized spacial score (nSPS) is 21.6. The molecule has 0 heterocycles. The van der Waals surface area contributed by atoms with Crippen LogP contribution >= 0.6 is 0 Å². The number of nitro benzene ring substituents is 1. The lowest BCUT2D eigenvalue weighted by Gasteiger charge is -2.35. The molecule has 2 rings (SSSR count). The maximum absolute atomic E-state index is 10.9. The van der Waals surface area contributed by atoms with Crippen LogP contribution in [0.15, 0.2) is 18.2 Å². The number of nitro groups is 1. The van der Waals surface area contributed by atoms with Gasteiger partial charge in [0.05, 0.1) is 4.92 Å². The van der Waals surface area contributed by atoms with Crippen LogP contribution in [0.25, 0.3) is 0 Å². The predicted molar refractivity (Wildman–Crippen MR) is 82.3 cm³/mol. The van der Waals surface area contributed by atoms with Crippen LogP contribution in [0.1, 0.15) is 44.6 Å². The van der Waals surface area contributed by atoms with Crippen molar-refractivity contribution in [3.05, 3.63) is 33.9 Å². The molecule has 0 unspecified atom stereocenters. The molecule has 0 aliphatic heterocycles. The largest absolute Gasteiger partial charge is 0.372 e. The van der Waals surface area contributed by atoms with E-state index in [0.717, 1.165) is 24.4 Å². The van der Waals surface area contributed by atoms with E-state index in [-0.39, 0.29) is 11.3 Å². The van der Waals surface area contributed by atoms with Crippen LogP contribution in [-0.4, -0.2) is 18.0 Å². The number of hydrogen-bond acceptors (Lipinski definition) is 4. The van der Waals surface area contributed by atoms with Gasteiger partial charge in [0.25, 0.3) is 5.69 Å². The Hall–Kier alpha value is -2.09. The lowest BCUT2D eigenvalue weighted by Crippen LogP contribution is -2.35. The van der Waals surface area contributed by atoms with E-state index in [1.54, 1.807) is 12.1 Å². The predicted octanol–water partition coefficient (Wildman–Crippen LogP) is 3.87. The maximum atomic E-state index is 10.9. The molecule has 112 valence electrons. The maximum Gasteiger partial charge on any atom is 0.287 e. The van der Waals surface area contributed by atoms with Crippen molar-refractivity contribution in [2.75, 3.05) is 11.9 Å². The van der Waals surface area contributed by atoms with Gasteiger partial charge in [0.2, 0.25) is 0 Å². The molecule has 1 saturated carbocycles. The van der Waals surface area contributed by atoms with Crippen LogP contribution < -0.4 is 4.90 Å². The van der Waals surface area contributed by atoms with Crippen LogP contribution in [0.4, 0.5) is 11.4 Å². The highest BCUT2D eigenvalue weighted by molar-refractivity contribution is 5.60. The first-order chi connectivity index (χ1) is 10.1. The fourth-order valence-corrected chi connectivity index (χ4v) is 3.14. The van der Waals surface area contributed by atoms with Gasteiger partial charge in [-0.15, -0.1) is 0 Å². The number of rotatable bonds is 4. The Balaban J connectivity index is 2.15. The molecule has 0 N–H and O–H groups in total. The highest BCUT2D eigenvalue weighted by atomic mass is 16.6. The topological polar surface area (TPSA) is 70.2 Å². The summed E-state index contributed by atoms with van der Waals surface area (Å²) in [6.45, 7) is 2.24. The summed E-state index contributed by atoms with van der Waals surface area (Å²) in [4.78, 5) is 12.5. The number of hydrogen-bond donors (Lipinski definition) is 0. The molecule has 0 radical (unpaired) electrons. The molecule has 0 saturated heterocycles. The molecule has 5 heteroatoms. The Labute approximate surface area is 125 Å². The summed E-state index contributed by atoms with van der Waals surface area (Å²) in [6, 6.07) is 7.18. The molecule has 0 aromatic heterocycles. The molecule has 0 spiro atoms. The highest BCUT2D eigenvalue weighted by Gasteiger charge is 2.24. The van der Waals surface area contributed by atoms with E-state index in [1.807, 2.05) is 13.1 Å². The van der Waals surface area contributed by atoms with Gasteiger partial charge in [-0.3, -0.25) is 10.1 Å². The van der Waals surface area contributed by atoms with Gasteiger partial charge in [-0.25, -0.2) is 0 Å². The highest BCUT2D eigenvalue weighted by Crippen LogP contribution is 2.32. The van der Waals surface area contributed by atoms with E-state index in [4.69, 9.17) is 5.26 Å². The first kappa shape index (κ1) is 15.3. The van der Waals surface area contributed by atoms with E-state index in [0.29, 0.717) is 6.04 Å². The zero-order valence-electron chi connectivity index (χ0n) is 12.6. The minimum Gasteiger partial charge on any atom is -0.372 e. The van der Waals surface area contributed by atoms with Crippen molar-refractivity contribution in [3.8, 4) is 6.07 Å². The second kappa shape index (κ2) is 6.57. The Morgan fingerprint density at radius 1 is 1.38 bits per heavy atom. The van der Waals surface area contributed by atoms with Gasteiger partial charge >= 0.3 is 0 Å². The summed E-state index contributed by atoms with van der Waals surface area (Å²) < 4.78 is 0. The van der Waals surface area contributed by atoms with E-state index >= 15 is 0 Å². The quantitative estimate of drug-likeness (QED) is 0.622. The van der Waals surface area contributed by atoms with Crippen molar-refractivity contribution in [3.63, 3.8) is 0 Å². The standard InChI is InChI=1S/C16H21N3O2/c1-3-12-4-6-14(7-5-12)18(2)15-8-9-16(19(20)21)13(10-15)11-17/h8-10,12,14H,3-7H2,1-2H3. The summed E-state index contributed by atoms with van der Waals surface area (Å²) in [7, 11) is 2.01. The Morgan fingerprint density at radius 2 is 2.05 bits per heavy atom. The van der Waals surface area contributed by atoms with Gasteiger partial charge in [0.15, 0.2) is 0 Å². The second-order valence-corrected chi connectivity index (χ2v) is 5.76. The third-order valence-electron chi connectivity index (χ3n) is 4.65. The minimum atomic E-state index is -0.505. The number of benzene rings is 1. The van der Waals surface area contributed by atoms with E-state index in [9.17, 15) is 10.1 Å². The molecule has 1 aliphatic rings. The Kier molecular flexibility index (Phi) is 4.79. The molecule has 0 amide bonds. The SMILES string of the molecule is CCC1CCC(N(C)c2ccc([N+](=O)[O-])c(C#N)c2)CC1. The second-order valence-electron chi connectivity index (χ2n) is 5.76. The Bertz CT molecular complexity index is 557. The van der Waals surface area contributed by atoms with Crippen LogP contribution in [0.2, 0.25) is 0 Å². The van der Waals surface area contributed by atoms with Crippen molar-refractivity contribution in [2.45, 2.75) is 45.1 Å². The summed E-state index contributed by atoms with van der Waals surface area (Å²) in [6.07, 6.45) is 6.02. The van der Waals surface area contributed by atoms with Crippen LogP contribution in [0.5, 0.6) is 0 Å². The summed E-state index contributed by atoms with van der Waals surface area (Å²) in [5.41, 5.74) is 0.896. The molecule has 0 bridgehead atoms. The third-order valence-corrected chi connectivity index (χ3v) is 4.65. The van der Waals surface area contributed by atoms with E-state index < -0.39 is 4.92 Å². The Morgan fingerprint density at radius 3 is 2.57 bits per heavy atom. The van der Waals surface area contributed by atoms with Crippen molar-refractivity contribution < 1.29 is 4.92 Å². The lowest BCUT2D eigenvalue weighted by atomic mass is 9.84. The number of nitriles is 1. The van der Waals surface area contributed by atoms with E-state index in [2.05, 4.69) is 11.8 Å². The van der Waals surface area contributed by atoms with Gasteiger partial charge in [0.1, 0.15) is 11.6 Å². The zero-order valence-corrected chi connectivity index (χ0v) is 12.6. The van der Waals surface area contributed by atoms with Gasteiger partial charge in [0, 0.05) is 24.8 Å². The van der Waals surface area contributed by atoms with Gasteiger partial charge in [-0.05, 0) is 43.7 Å².